The van der Waals surface area contributed by atoms with E-state index in [1.165, 1.54) is 18.4 Å². The van der Waals surface area contributed by atoms with Crippen LogP contribution in [-0.2, 0) is 0 Å². The molecule has 2 saturated carbocycles. The summed E-state index contributed by atoms with van der Waals surface area (Å²) >= 11 is 0. The Hall–Kier alpha value is -1.53. The van der Waals surface area contributed by atoms with Crippen LogP contribution in [0, 0.1) is 24.2 Å². The number of benzene rings is 1. The fourth-order valence-electron chi connectivity index (χ4n) is 3.46. The minimum Gasteiger partial charge on any atom is -0.493 e. The number of nitrogens with one attached hydrogen (secondary N) is 1. The monoisotopic (exact) mass is 284 g/mol. The van der Waals surface area contributed by atoms with Gasteiger partial charge in [0.05, 0.1) is 12.7 Å². The van der Waals surface area contributed by atoms with Crippen LogP contribution in [0.25, 0.3) is 0 Å². The van der Waals surface area contributed by atoms with Crippen LogP contribution in [0.1, 0.15) is 44.1 Å². The summed E-state index contributed by atoms with van der Waals surface area (Å²) in [5, 5.41) is 13.3. The summed E-state index contributed by atoms with van der Waals surface area (Å²) in [6, 6.07) is 11.3. The van der Waals surface area contributed by atoms with E-state index in [1.807, 2.05) is 18.2 Å². The summed E-state index contributed by atoms with van der Waals surface area (Å²) in [4.78, 5) is 0. The highest BCUT2D eigenvalue weighted by molar-refractivity contribution is 5.31. The van der Waals surface area contributed by atoms with Gasteiger partial charge in [0.15, 0.2) is 0 Å². The van der Waals surface area contributed by atoms with Crippen molar-refractivity contribution < 1.29 is 4.74 Å². The number of para-hydroxylation sites is 1. The highest BCUT2D eigenvalue weighted by Crippen LogP contribution is 2.40. The van der Waals surface area contributed by atoms with Crippen molar-refractivity contribution in [2.75, 3.05) is 6.61 Å². The molecule has 0 aromatic heterocycles. The van der Waals surface area contributed by atoms with Gasteiger partial charge in [0.1, 0.15) is 11.3 Å². The summed E-state index contributed by atoms with van der Waals surface area (Å²) in [7, 11) is 0. The summed E-state index contributed by atoms with van der Waals surface area (Å²) in [5.41, 5.74) is 0.877. The quantitative estimate of drug-likeness (QED) is 0.868. The molecule has 2 aliphatic rings. The predicted octanol–water partition coefficient (Wildman–Crippen LogP) is 3.58. The second-order valence-electron chi connectivity index (χ2n) is 6.49. The molecule has 1 aromatic carbocycles. The molecule has 0 aliphatic heterocycles. The maximum absolute atomic E-state index is 9.67. The highest BCUT2D eigenvalue weighted by Gasteiger charge is 2.45. The average molecular weight is 284 g/mol. The lowest BCUT2D eigenvalue weighted by Gasteiger charge is -2.30. The van der Waals surface area contributed by atoms with Crippen LogP contribution in [0.15, 0.2) is 24.3 Å². The maximum Gasteiger partial charge on any atom is 0.122 e. The topological polar surface area (TPSA) is 45.0 Å². The number of ether oxygens (including phenoxy) is 1. The first kappa shape index (κ1) is 14.4. The third-order valence-electron chi connectivity index (χ3n) is 4.88. The van der Waals surface area contributed by atoms with Crippen LogP contribution >= 0.6 is 0 Å². The molecule has 2 aliphatic carbocycles. The molecule has 0 amide bonds. The van der Waals surface area contributed by atoms with E-state index < -0.39 is 0 Å². The van der Waals surface area contributed by atoms with Gasteiger partial charge in [-0.25, -0.2) is 0 Å². The smallest absolute Gasteiger partial charge is 0.122 e. The van der Waals surface area contributed by atoms with Gasteiger partial charge in [-0.05, 0) is 56.6 Å². The highest BCUT2D eigenvalue weighted by atomic mass is 16.5. The van der Waals surface area contributed by atoms with E-state index in [4.69, 9.17) is 4.74 Å². The Labute approximate surface area is 127 Å². The molecule has 2 unspecified atom stereocenters. The van der Waals surface area contributed by atoms with Gasteiger partial charge in [-0.15, -0.1) is 0 Å². The molecule has 0 heterocycles. The molecule has 3 nitrogen and oxygen atoms in total. The van der Waals surface area contributed by atoms with Crippen LogP contribution in [-0.4, -0.2) is 18.2 Å². The Kier molecular flexibility index (Phi) is 4.17. The van der Waals surface area contributed by atoms with Crippen LogP contribution in [0.3, 0.4) is 0 Å². The van der Waals surface area contributed by atoms with Gasteiger partial charge in [-0.2, -0.15) is 5.26 Å². The van der Waals surface area contributed by atoms with E-state index in [9.17, 15) is 5.26 Å². The van der Waals surface area contributed by atoms with E-state index in [0.717, 1.165) is 31.4 Å². The molecule has 2 atom stereocenters. The standard InChI is InChI=1S/C18H24N2O/c1-14-5-2-3-7-17(14)21-12-10-15-6-4-11-18(15,13-19)20-16-8-9-16/h2-3,5,7,15-16,20H,4,6,8-12H2,1H3. The van der Waals surface area contributed by atoms with Crippen molar-refractivity contribution in [1.29, 1.82) is 5.26 Å². The lowest BCUT2D eigenvalue weighted by Crippen LogP contribution is -2.48. The van der Waals surface area contributed by atoms with Crippen molar-refractivity contribution in [3.63, 3.8) is 0 Å². The Morgan fingerprint density at radius 2 is 2.14 bits per heavy atom. The first-order valence-electron chi connectivity index (χ1n) is 8.11. The second-order valence-corrected chi connectivity index (χ2v) is 6.49. The molecule has 3 rings (SSSR count). The van der Waals surface area contributed by atoms with Crippen LogP contribution in [0.2, 0.25) is 0 Å². The third kappa shape index (κ3) is 3.22. The van der Waals surface area contributed by atoms with Crippen molar-refractivity contribution in [2.45, 2.75) is 57.0 Å². The Morgan fingerprint density at radius 1 is 1.33 bits per heavy atom. The van der Waals surface area contributed by atoms with Gasteiger partial charge in [0, 0.05) is 6.04 Å². The van der Waals surface area contributed by atoms with Crippen LogP contribution in [0.4, 0.5) is 0 Å². The zero-order valence-corrected chi connectivity index (χ0v) is 12.8. The van der Waals surface area contributed by atoms with Crippen molar-refractivity contribution >= 4 is 0 Å². The van der Waals surface area contributed by atoms with Gasteiger partial charge < -0.3 is 4.74 Å². The SMILES string of the molecule is Cc1ccccc1OCCC1CCCC1(C#N)NC1CC1. The molecule has 3 heteroatoms. The van der Waals surface area contributed by atoms with E-state index in [1.54, 1.807) is 0 Å². The van der Waals surface area contributed by atoms with Crippen molar-refractivity contribution in [3.8, 4) is 11.8 Å². The van der Waals surface area contributed by atoms with Gasteiger partial charge in [0.25, 0.3) is 0 Å². The first-order chi connectivity index (χ1) is 10.2. The minimum atomic E-state index is -0.295. The molecule has 1 aromatic rings. The van der Waals surface area contributed by atoms with Crippen LogP contribution < -0.4 is 10.1 Å². The molecular formula is C18H24N2O. The molecule has 0 radical (unpaired) electrons. The number of nitriles is 1. The van der Waals surface area contributed by atoms with Crippen LogP contribution in [0.5, 0.6) is 5.75 Å². The summed E-state index contributed by atoms with van der Waals surface area (Å²) in [5.74, 6) is 1.39. The minimum absolute atomic E-state index is 0.295. The number of hydrogen-bond acceptors (Lipinski definition) is 3. The van der Waals surface area contributed by atoms with Crippen molar-refractivity contribution in [2.24, 2.45) is 5.92 Å². The Bertz CT molecular complexity index is 532. The van der Waals surface area contributed by atoms with E-state index in [2.05, 4.69) is 24.4 Å². The molecule has 112 valence electrons. The average Bonchev–Trinajstić information content (AvgIpc) is 3.21. The third-order valence-corrected chi connectivity index (χ3v) is 4.88. The molecule has 1 N–H and O–H groups in total. The summed E-state index contributed by atoms with van der Waals surface area (Å²) < 4.78 is 5.92. The summed E-state index contributed by atoms with van der Waals surface area (Å²) in [6.45, 7) is 2.77. The number of rotatable bonds is 6. The molecular weight excluding hydrogens is 260 g/mol. The lowest BCUT2D eigenvalue weighted by atomic mass is 9.86. The molecule has 0 bridgehead atoms. The van der Waals surface area contributed by atoms with Crippen molar-refractivity contribution in [1.82, 2.24) is 5.32 Å². The van der Waals surface area contributed by atoms with Crippen molar-refractivity contribution in [3.05, 3.63) is 29.8 Å². The van der Waals surface area contributed by atoms with Gasteiger partial charge >= 0.3 is 0 Å². The zero-order valence-electron chi connectivity index (χ0n) is 12.8. The molecule has 0 saturated heterocycles. The lowest BCUT2D eigenvalue weighted by molar-refractivity contribution is 0.230. The van der Waals surface area contributed by atoms with E-state index in [0.29, 0.717) is 18.6 Å². The predicted molar refractivity (Wildman–Crippen MR) is 83.1 cm³/mol. The fourth-order valence-corrected chi connectivity index (χ4v) is 3.46. The van der Waals surface area contributed by atoms with Gasteiger partial charge in [-0.1, -0.05) is 24.6 Å². The zero-order chi connectivity index (χ0) is 14.7. The Balaban J connectivity index is 1.56. The number of nitrogens with zero attached hydrogens (tertiary/aromatic N) is 1. The normalized spacial score (nSPS) is 28.3. The first-order valence-corrected chi connectivity index (χ1v) is 8.11. The van der Waals surface area contributed by atoms with E-state index in [-0.39, 0.29) is 5.54 Å². The summed E-state index contributed by atoms with van der Waals surface area (Å²) in [6.07, 6.45) is 6.72. The molecule has 0 spiro atoms. The van der Waals surface area contributed by atoms with Gasteiger partial charge in [-0.3, -0.25) is 5.32 Å². The van der Waals surface area contributed by atoms with Gasteiger partial charge in [0.2, 0.25) is 0 Å². The maximum atomic E-state index is 9.67. The largest absolute Gasteiger partial charge is 0.493 e. The van der Waals surface area contributed by atoms with E-state index >= 15 is 0 Å². The molecule has 21 heavy (non-hydrogen) atoms. The second kappa shape index (κ2) is 6.07. The molecule has 2 fully saturated rings. The Morgan fingerprint density at radius 3 is 2.86 bits per heavy atom. The number of hydrogen-bond donors (Lipinski definition) is 1. The fraction of sp³-hybridized carbons (Fsp3) is 0.611. The number of aryl methyl sites for hydroxylation is 1.